The molecule has 1 aromatic carbocycles. The smallest absolute Gasteiger partial charge is 0.140 e. The summed E-state index contributed by atoms with van der Waals surface area (Å²) in [4.78, 5) is 10.2. The van der Waals surface area contributed by atoms with Crippen molar-refractivity contribution in [1.29, 1.82) is 0 Å². The monoisotopic (exact) mass is 246 g/mol. The van der Waals surface area contributed by atoms with E-state index in [-0.39, 0.29) is 0 Å². The van der Waals surface area contributed by atoms with Gasteiger partial charge in [0.25, 0.3) is 0 Å². The first-order valence-corrected chi connectivity index (χ1v) is 5.40. The Morgan fingerprint density at radius 2 is 2.13 bits per heavy atom. The van der Waals surface area contributed by atoms with E-state index in [4.69, 9.17) is 27.9 Å². The Bertz CT molecular complexity index is 351. The molecule has 0 amide bonds. The summed E-state index contributed by atoms with van der Waals surface area (Å²) in [6.45, 7) is 0. The fraction of sp³-hybridized carbons (Fsp3) is 0.364. The number of carbonyl (C=O) groups excluding carboxylic acids is 1. The van der Waals surface area contributed by atoms with Gasteiger partial charge in [-0.15, -0.1) is 0 Å². The van der Waals surface area contributed by atoms with Crippen LogP contribution in [0.1, 0.15) is 18.4 Å². The average Bonchev–Trinajstić information content (AvgIpc) is 2.17. The molecule has 0 aliphatic heterocycles. The molecule has 0 fully saturated rings. The van der Waals surface area contributed by atoms with E-state index in [2.05, 4.69) is 0 Å². The van der Waals surface area contributed by atoms with Gasteiger partial charge in [0, 0.05) is 11.4 Å². The molecule has 15 heavy (non-hydrogen) atoms. The molecule has 0 N–H and O–H groups in total. The van der Waals surface area contributed by atoms with Crippen molar-refractivity contribution in [2.75, 3.05) is 7.11 Å². The Labute approximate surface area is 99.1 Å². The van der Waals surface area contributed by atoms with Crippen molar-refractivity contribution < 1.29 is 9.53 Å². The zero-order chi connectivity index (χ0) is 11.3. The second kappa shape index (κ2) is 5.99. The molecule has 4 heteroatoms. The molecule has 0 saturated carbocycles. The molecule has 2 nitrogen and oxygen atoms in total. The van der Waals surface area contributed by atoms with Crippen molar-refractivity contribution >= 4 is 29.5 Å². The molecule has 0 spiro atoms. The van der Waals surface area contributed by atoms with E-state index in [1.54, 1.807) is 13.2 Å². The Kier molecular flexibility index (Phi) is 4.92. The van der Waals surface area contributed by atoms with Crippen LogP contribution in [0.25, 0.3) is 0 Å². The van der Waals surface area contributed by atoms with E-state index in [0.717, 1.165) is 24.7 Å². The number of hydrogen-bond acceptors (Lipinski definition) is 2. The number of aryl methyl sites for hydroxylation is 1. The normalized spacial score (nSPS) is 10.1. The lowest BCUT2D eigenvalue weighted by Gasteiger charge is -2.10. The summed E-state index contributed by atoms with van der Waals surface area (Å²) < 4.78 is 5.18. The highest BCUT2D eigenvalue weighted by Crippen LogP contribution is 2.32. The second-order valence-corrected chi connectivity index (χ2v) is 3.98. The first-order chi connectivity index (χ1) is 7.19. The van der Waals surface area contributed by atoms with Crippen LogP contribution in [0.2, 0.25) is 10.0 Å². The van der Waals surface area contributed by atoms with Crippen molar-refractivity contribution in [3.63, 3.8) is 0 Å². The van der Waals surface area contributed by atoms with Gasteiger partial charge >= 0.3 is 0 Å². The number of halogens is 2. The molecule has 1 aromatic rings. The number of rotatable bonds is 5. The molecular formula is C11H12Cl2O2. The molecule has 82 valence electrons. The number of unbranched alkanes of at least 4 members (excludes halogenated alkanes) is 1. The molecule has 0 aromatic heterocycles. The van der Waals surface area contributed by atoms with E-state index in [1.165, 1.54) is 0 Å². The van der Waals surface area contributed by atoms with Crippen LogP contribution in [0.5, 0.6) is 5.75 Å². The number of carbonyl (C=O) groups is 1. The highest BCUT2D eigenvalue weighted by molar-refractivity contribution is 6.35. The standard InChI is InChI=1S/C11H12Cl2O2/c1-15-11-8(4-2-3-5-14)6-9(12)7-10(11)13/h5-7H,2-4H2,1H3. The van der Waals surface area contributed by atoms with Gasteiger partial charge in [-0.2, -0.15) is 0 Å². The topological polar surface area (TPSA) is 26.3 Å². The number of ether oxygens (including phenoxy) is 1. The molecule has 0 unspecified atom stereocenters. The molecule has 0 heterocycles. The minimum absolute atomic E-state index is 0.506. The third-order valence-electron chi connectivity index (χ3n) is 2.06. The largest absolute Gasteiger partial charge is 0.495 e. The lowest BCUT2D eigenvalue weighted by Crippen LogP contribution is -1.94. The molecule has 0 aliphatic carbocycles. The lowest BCUT2D eigenvalue weighted by molar-refractivity contribution is -0.107. The van der Waals surface area contributed by atoms with Gasteiger partial charge < -0.3 is 9.53 Å². The summed E-state index contributed by atoms with van der Waals surface area (Å²) in [5.74, 6) is 0.645. The number of aldehydes is 1. The molecule has 0 bridgehead atoms. The van der Waals surface area contributed by atoms with Crippen LogP contribution in [0.4, 0.5) is 0 Å². The maximum atomic E-state index is 10.2. The van der Waals surface area contributed by atoms with Crippen molar-refractivity contribution in [3.05, 3.63) is 27.7 Å². The molecular weight excluding hydrogens is 235 g/mol. The third kappa shape index (κ3) is 3.40. The Balaban J connectivity index is 2.88. The van der Waals surface area contributed by atoms with Crippen LogP contribution in [-0.2, 0) is 11.2 Å². The quantitative estimate of drug-likeness (QED) is 0.587. The van der Waals surface area contributed by atoms with E-state index in [0.29, 0.717) is 22.2 Å². The van der Waals surface area contributed by atoms with Crippen LogP contribution < -0.4 is 4.74 Å². The molecule has 0 radical (unpaired) electrons. The predicted molar refractivity (Wildman–Crippen MR) is 62.0 cm³/mol. The number of methoxy groups -OCH3 is 1. The second-order valence-electron chi connectivity index (χ2n) is 3.14. The average molecular weight is 247 g/mol. The van der Waals surface area contributed by atoms with E-state index >= 15 is 0 Å². The summed E-state index contributed by atoms with van der Waals surface area (Å²) in [6, 6.07) is 3.46. The SMILES string of the molecule is COc1c(Cl)cc(Cl)cc1CCCC=O. The van der Waals surface area contributed by atoms with Crippen LogP contribution >= 0.6 is 23.2 Å². The fourth-order valence-electron chi connectivity index (χ4n) is 1.40. The van der Waals surface area contributed by atoms with E-state index in [9.17, 15) is 4.79 Å². The van der Waals surface area contributed by atoms with Gasteiger partial charge in [-0.1, -0.05) is 23.2 Å². The van der Waals surface area contributed by atoms with Crippen molar-refractivity contribution in [2.24, 2.45) is 0 Å². The van der Waals surface area contributed by atoms with Gasteiger partial charge in [-0.25, -0.2) is 0 Å². The van der Waals surface area contributed by atoms with Crippen molar-refractivity contribution in [1.82, 2.24) is 0 Å². The van der Waals surface area contributed by atoms with Crippen LogP contribution in [-0.4, -0.2) is 13.4 Å². The molecule has 0 atom stereocenters. The highest BCUT2D eigenvalue weighted by Gasteiger charge is 2.09. The predicted octanol–water partition coefficient (Wildman–Crippen LogP) is 3.52. The van der Waals surface area contributed by atoms with Gasteiger partial charge in [0.05, 0.1) is 12.1 Å². The van der Waals surface area contributed by atoms with Crippen molar-refractivity contribution in [2.45, 2.75) is 19.3 Å². The number of benzene rings is 1. The van der Waals surface area contributed by atoms with Gasteiger partial charge in [0.1, 0.15) is 12.0 Å². The first kappa shape index (κ1) is 12.3. The Morgan fingerprint density at radius 1 is 1.40 bits per heavy atom. The Hall–Kier alpha value is -0.730. The zero-order valence-corrected chi connectivity index (χ0v) is 9.94. The summed E-state index contributed by atoms with van der Waals surface area (Å²) in [6.07, 6.45) is 2.95. The van der Waals surface area contributed by atoms with Gasteiger partial charge in [-0.05, 0) is 30.5 Å². The third-order valence-corrected chi connectivity index (χ3v) is 2.56. The van der Waals surface area contributed by atoms with Crippen LogP contribution in [0, 0.1) is 0 Å². The molecule has 0 aliphatic rings. The van der Waals surface area contributed by atoms with Crippen LogP contribution in [0.3, 0.4) is 0 Å². The lowest BCUT2D eigenvalue weighted by atomic mass is 10.1. The van der Waals surface area contributed by atoms with Gasteiger partial charge in [0.2, 0.25) is 0 Å². The van der Waals surface area contributed by atoms with Gasteiger partial charge in [0.15, 0.2) is 0 Å². The summed E-state index contributed by atoms with van der Waals surface area (Å²) in [5, 5.41) is 1.09. The molecule has 0 saturated heterocycles. The van der Waals surface area contributed by atoms with Gasteiger partial charge in [-0.3, -0.25) is 0 Å². The summed E-state index contributed by atoms with van der Waals surface area (Å²) >= 11 is 11.9. The maximum Gasteiger partial charge on any atom is 0.140 e. The van der Waals surface area contributed by atoms with Crippen LogP contribution in [0.15, 0.2) is 12.1 Å². The Morgan fingerprint density at radius 3 is 2.73 bits per heavy atom. The summed E-state index contributed by atoms with van der Waals surface area (Å²) in [7, 11) is 1.57. The minimum atomic E-state index is 0.506. The minimum Gasteiger partial charge on any atom is -0.495 e. The summed E-state index contributed by atoms with van der Waals surface area (Å²) in [5.41, 5.74) is 0.942. The number of hydrogen-bond donors (Lipinski definition) is 0. The zero-order valence-electron chi connectivity index (χ0n) is 8.43. The first-order valence-electron chi connectivity index (χ1n) is 4.64. The highest BCUT2D eigenvalue weighted by atomic mass is 35.5. The maximum absolute atomic E-state index is 10.2. The van der Waals surface area contributed by atoms with E-state index < -0.39 is 0 Å². The van der Waals surface area contributed by atoms with Crippen molar-refractivity contribution in [3.8, 4) is 5.75 Å². The van der Waals surface area contributed by atoms with E-state index in [1.807, 2.05) is 6.07 Å². The molecule has 1 rings (SSSR count). The fourth-order valence-corrected chi connectivity index (χ4v) is 2.02.